The van der Waals surface area contributed by atoms with Crippen molar-refractivity contribution in [2.45, 2.75) is 0 Å². The van der Waals surface area contributed by atoms with Crippen LogP contribution in [0.1, 0.15) is 0 Å². The first-order chi connectivity index (χ1) is 20.5. The van der Waals surface area contributed by atoms with Crippen molar-refractivity contribution < 1.29 is 201 Å². The Morgan fingerprint density at radius 1 is 0.389 bits per heavy atom. The van der Waals surface area contributed by atoms with Gasteiger partial charge in [0.1, 0.15) is 0 Å². The first kappa shape index (κ1) is 117. The number of quaternary nitrogens is 2. The van der Waals surface area contributed by atoms with E-state index in [1.54, 1.807) is 0 Å². The van der Waals surface area contributed by atoms with Crippen molar-refractivity contribution in [2.24, 2.45) is 10.8 Å². The Morgan fingerprint density at radius 3 is 0.444 bits per heavy atom. The fourth-order valence-corrected chi connectivity index (χ4v) is 0.524. The van der Waals surface area contributed by atoms with Gasteiger partial charge in [-0.05, 0) is 0 Å². The third-order valence-electron chi connectivity index (χ3n) is 2.51. The van der Waals surface area contributed by atoms with Gasteiger partial charge in [-0.25, -0.2) is 0 Å². The van der Waals surface area contributed by atoms with Crippen LogP contribution >= 0.6 is 0 Å². The van der Waals surface area contributed by atoms with Crippen LogP contribution in [0.15, 0.2) is 0 Å². The average Bonchev–Trinajstić information content (AvgIpc) is 2.93. The zero-order valence-corrected chi connectivity index (χ0v) is 39.4. The summed E-state index contributed by atoms with van der Waals surface area (Å²) < 4.78 is 70.2. The van der Waals surface area contributed by atoms with Crippen LogP contribution in [0.2, 0.25) is 0 Å². The number of nitrogens with zero attached hydrogens (tertiary/aromatic N) is 2. The number of rotatable bonds is 8. The molecule has 32 heteroatoms. The van der Waals surface area contributed by atoms with Crippen molar-refractivity contribution in [3.05, 3.63) is 0 Å². The molecule has 0 aromatic carbocycles. The average molecular weight is 1000 g/mol. The predicted octanol–water partition coefficient (Wildman–Crippen LogP) is -12.0. The standard InChI is InChI=1S/2C5H9O4.2C4H12N.4CH4O.2H2O4S.4O.4V/c2*6-1-5(2-7,3-8)4-9;2*1-5(2,3)4;4*1-2;2*1-5(2,3)4;;;;;;;;/h2*6H,1-4H2;2*1-4H3;4*2H,1H3;2*(H2,1,2,3,4);;;;;;;;/q2*-3;2*+1;;;;;;;4*-2;4*+4/p-4. The minimum atomic E-state index is -5.17. The van der Waals surface area contributed by atoms with Gasteiger partial charge in [0.2, 0.25) is 0 Å². The molecule has 26 nitrogen and oxygen atoms in total. The molecule has 0 fully saturated rings. The third-order valence-corrected chi connectivity index (χ3v) is 2.51. The normalized spacial score (nSPS) is 8.81. The second-order valence-corrected chi connectivity index (χ2v) is 12.0. The molecule has 0 rings (SSSR count). The maximum atomic E-state index is 10.1. The molecule has 0 saturated heterocycles. The number of aliphatic hydroxyl groups is 6. The number of hydrogen-bond acceptors (Lipinski definition) is 20. The summed E-state index contributed by atoms with van der Waals surface area (Å²) in [4.78, 5) is 0. The van der Waals surface area contributed by atoms with Crippen molar-refractivity contribution in [2.75, 3.05) is 138 Å². The second-order valence-electron chi connectivity index (χ2n) is 10.4. The molecule has 0 aliphatic carbocycles. The molecule has 0 aliphatic heterocycles. The molecular formula is C22H58N2O24S2V4. The molecule has 0 aromatic heterocycles. The van der Waals surface area contributed by atoms with E-state index in [0.29, 0.717) is 0 Å². The van der Waals surface area contributed by atoms with Crippen LogP contribution in [-0.4, -0.2) is 212 Å². The van der Waals surface area contributed by atoms with Crippen LogP contribution in [0.4, 0.5) is 0 Å². The van der Waals surface area contributed by atoms with Crippen molar-refractivity contribution in [3.8, 4) is 0 Å². The van der Waals surface area contributed by atoms with Crippen LogP contribution in [0.5, 0.6) is 0 Å². The first-order valence-electron chi connectivity index (χ1n) is 11.9. The Hall–Kier alpha value is 1.36. The fraction of sp³-hybridized carbons (Fsp3) is 1.00. The van der Waals surface area contributed by atoms with Gasteiger partial charge in [0.25, 0.3) is 0 Å². The molecule has 332 valence electrons. The van der Waals surface area contributed by atoms with Crippen LogP contribution in [0.25, 0.3) is 0 Å². The Morgan fingerprint density at radius 2 is 0.444 bits per heavy atom. The maximum absolute atomic E-state index is 10.1. The van der Waals surface area contributed by atoms with E-state index in [1.807, 2.05) is 0 Å². The van der Waals surface area contributed by atoms with Gasteiger partial charge in [0, 0.05) is 62.5 Å². The van der Waals surface area contributed by atoms with Gasteiger partial charge in [0.15, 0.2) is 0 Å². The van der Waals surface area contributed by atoms with Crippen LogP contribution < -0.4 is 30.6 Å². The SMILES string of the molecule is CO.CO.CO.CO.C[N+](C)(C)C.C[N+](C)(C)C.O=S(=O)([O-])[O-].O=S(=O)([O-])[O-].[O-2].[O-2].[O-2].[O-2].[O-]CC(C[O-])(C[O-])CO.[O-]CC(C[O-])(C[O-])CO.[V+4].[V+4].[V+4].[V+4]. The summed E-state index contributed by atoms with van der Waals surface area (Å²) in [6.45, 7) is -5.88. The van der Waals surface area contributed by atoms with E-state index in [0.717, 1.165) is 37.4 Å². The molecule has 0 aliphatic rings. The predicted molar refractivity (Wildman–Crippen MR) is 152 cm³/mol. The van der Waals surface area contributed by atoms with E-state index >= 15 is 0 Å². The summed E-state index contributed by atoms with van der Waals surface area (Å²) in [5.41, 5.74) is -2.89. The second kappa shape index (κ2) is 75.2. The summed E-state index contributed by atoms with van der Waals surface area (Å²) >= 11 is 0. The first-order valence-corrected chi connectivity index (χ1v) is 14.6. The molecule has 0 heterocycles. The van der Waals surface area contributed by atoms with E-state index in [9.17, 15) is 30.6 Å². The van der Waals surface area contributed by atoms with Crippen LogP contribution in [0.3, 0.4) is 0 Å². The Kier molecular flexibility index (Phi) is 163. The van der Waals surface area contributed by atoms with E-state index in [2.05, 4.69) is 56.4 Å². The monoisotopic (exact) mass is 1000 g/mol. The molecular weight excluding hydrogens is 944 g/mol. The number of hydrogen-bond donors (Lipinski definition) is 6. The van der Waals surface area contributed by atoms with Crippen molar-refractivity contribution in [1.29, 1.82) is 0 Å². The molecule has 6 N–H and O–H groups in total. The van der Waals surface area contributed by atoms with Crippen molar-refractivity contribution in [3.63, 3.8) is 0 Å². The Labute approximate surface area is 368 Å². The fourth-order valence-electron chi connectivity index (χ4n) is 0.524. The van der Waals surface area contributed by atoms with Gasteiger partial charge in [-0.15, -0.1) is 39.6 Å². The van der Waals surface area contributed by atoms with Gasteiger partial charge in [-0.1, -0.05) is 10.8 Å². The van der Waals surface area contributed by atoms with Crippen LogP contribution in [-0.2, 0) is 117 Å². The van der Waals surface area contributed by atoms with Crippen LogP contribution in [0, 0.1) is 10.8 Å². The Bertz CT molecular complexity index is 621. The molecule has 0 bridgehead atoms. The summed E-state index contributed by atoms with van der Waals surface area (Å²) in [7, 11) is 10.7. The molecule has 0 spiro atoms. The Balaban J connectivity index is -0.0000000171. The number of aliphatic hydroxyl groups excluding tert-OH is 6. The summed E-state index contributed by atoms with van der Waals surface area (Å²) in [6, 6.07) is 0. The molecule has 0 atom stereocenters. The summed E-state index contributed by atoms with van der Waals surface area (Å²) in [5, 5.41) is 105. The summed E-state index contributed by atoms with van der Waals surface area (Å²) in [6.07, 6.45) is 0. The van der Waals surface area contributed by atoms with E-state index in [-0.39, 0.29) is 96.1 Å². The van der Waals surface area contributed by atoms with Crippen molar-refractivity contribution >= 4 is 20.8 Å². The van der Waals surface area contributed by atoms with Gasteiger partial charge < -0.3 is 110 Å². The van der Waals surface area contributed by atoms with E-state index in [4.69, 9.17) is 65.7 Å². The molecule has 0 amide bonds. The minimum absolute atomic E-state index is 0. The molecule has 0 saturated carbocycles. The van der Waals surface area contributed by atoms with E-state index < -0.39 is 84.5 Å². The molecule has 4 radical (unpaired) electrons. The van der Waals surface area contributed by atoms with Gasteiger partial charge in [0.05, 0.1) is 56.4 Å². The third kappa shape index (κ3) is 227. The molecule has 0 aromatic rings. The smallest absolute Gasteiger partial charge is 2.00 e. The topological polar surface area (TPSA) is 534 Å². The van der Waals surface area contributed by atoms with Gasteiger partial charge in [-0.2, -0.15) is 0 Å². The van der Waals surface area contributed by atoms with Gasteiger partial charge in [-0.3, -0.25) is 16.8 Å². The maximum Gasteiger partial charge on any atom is 4.00 e. The largest absolute Gasteiger partial charge is 4.00 e. The van der Waals surface area contributed by atoms with Gasteiger partial charge >= 0.3 is 74.2 Å². The zero-order valence-electron chi connectivity index (χ0n) is 32.2. The van der Waals surface area contributed by atoms with Crippen molar-refractivity contribution in [1.82, 2.24) is 0 Å². The molecule has 0 unspecified atom stereocenters. The van der Waals surface area contributed by atoms with E-state index in [1.165, 1.54) is 0 Å². The summed E-state index contributed by atoms with van der Waals surface area (Å²) in [5.74, 6) is 0. The zero-order chi connectivity index (χ0) is 40.7. The quantitative estimate of drug-likeness (QED) is 0.0747. The molecule has 54 heavy (non-hydrogen) atoms. The minimum Gasteiger partial charge on any atom is -2.00 e.